The fourth-order valence-corrected chi connectivity index (χ4v) is 3.36. The highest BCUT2D eigenvalue weighted by Crippen LogP contribution is 2.32. The normalized spacial score (nSPS) is 13.5. The van der Waals surface area contributed by atoms with Gasteiger partial charge in [-0.05, 0) is 36.2 Å². The summed E-state index contributed by atoms with van der Waals surface area (Å²) in [5, 5.41) is 14.0. The van der Waals surface area contributed by atoms with Gasteiger partial charge in [0.15, 0.2) is 5.82 Å². The highest BCUT2D eigenvalue weighted by atomic mass is 16.3. The van der Waals surface area contributed by atoms with Crippen molar-refractivity contribution in [2.45, 2.75) is 26.5 Å². The third-order valence-electron chi connectivity index (χ3n) is 5.38. The second-order valence-corrected chi connectivity index (χ2v) is 7.88. The van der Waals surface area contributed by atoms with Crippen molar-refractivity contribution in [3.63, 3.8) is 0 Å². The molecule has 0 aliphatic carbocycles. The van der Waals surface area contributed by atoms with Gasteiger partial charge in [-0.15, -0.1) is 0 Å². The molecule has 2 atom stereocenters. The van der Waals surface area contributed by atoms with Crippen LogP contribution in [0, 0.1) is 5.92 Å². The number of pyridine rings is 1. The predicted octanol–water partition coefficient (Wildman–Crippen LogP) is 5.36. The first kappa shape index (κ1) is 22.3. The maximum absolute atomic E-state index is 9.61. The molecule has 2 unspecified atom stereocenters. The highest BCUT2D eigenvalue weighted by molar-refractivity contribution is 6.02. The van der Waals surface area contributed by atoms with Crippen LogP contribution in [0.3, 0.4) is 0 Å². The number of nitrogens with one attached hydrogen (secondary N) is 1. The summed E-state index contributed by atoms with van der Waals surface area (Å²) in [4.78, 5) is 18.2. The minimum Gasteiger partial charge on any atom is -0.393 e. The van der Waals surface area contributed by atoms with Gasteiger partial charge in [-0.3, -0.25) is 9.98 Å². The molecule has 0 fully saturated rings. The van der Waals surface area contributed by atoms with Gasteiger partial charge in [0.05, 0.1) is 29.2 Å². The van der Waals surface area contributed by atoms with Crippen LogP contribution in [0.5, 0.6) is 0 Å². The number of aliphatic imine (C=N–C) groups is 1. The van der Waals surface area contributed by atoms with E-state index in [0.717, 1.165) is 33.5 Å². The van der Waals surface area contributed by atoms with E-state index in [1.54, 1.807) is 31.6 Å². The monoisotopic (exact) mass is 437 g/mol. The van der Waals surface area contributed by atoms with Crippen molar-refractivity contribution in [3.8, 4) is 11.1 Å². The Labute approximate surface area is 193 Å². The molecule has 0 saturated heterocycles. The fraction of sp³-hybridized carbons (Fsp3) is 0.185. The van der Waals surface area contributed by atoms with Gasteiger partial charge in [0.2, 0.25) is 0 Å². The molecule has 0 radical (unpaired) electrons. The van der Waals surface area contributed by atoms with Crippen LogP contribution in [0.25, 0.3) is 28.1 Å². The number of nitrogens with zero attached hydrogens (tertiary/aromatic N) is 4. The van der Waals surface area contributed by atoms with E-state index in [4.69, 9.17) is 9.97 Å². The summed E-state index contributed by atoms with van der Waals surface area (Å²) in [5.41, 5.74) is 3.94. The maximum atomic E-state index is 9.61. The van der Waals surface area contributed by atoms with Crippen molar-refractivity contribution >= 4 is 29.0 Å². The lowest BCUT2D eigenvalue weighted by atomic mass is 10.0. The Morgan fingerprint density at radius 1 is 0.970 bits per heavy atom. The quantitative estimate of drug-likeness (QED) is 0.363. The van der Waals surface area contributed by atoms with Crippen molar-refractivity contribution in [3.05, 3.63) is 90.6 Å². The average Bonchev–Trinajstić information content (AvgIpc) is 2.85. The first-order valence-electron chi connectivity index (χ1n) is 11.0. The first-order valence-corrected chi connectivity index (χ1v) is 11.0. The zero-order valence-corrected chi connectivity index (χ0v) is 18.8. The summed E-state index contributed by atoms with van der Waals surface area (Å²) in [6.07, 6.45) is 6.48. The molecule has 166 valence electrons. The number of aliphatic hydroxyl groups is 1. The molecule has 2 aromatic heterocycles. The van der Waals surface area contributed by atoms with Gasteiger partial charge < -0.3 is 10.4 Å². The van der Waals surface area contributed by atoms with Crippen molar-refractivity contribution < 1.29 is 5.11 Å². The molecule has 6 heteroatoms. The molecular formula is C27H27N5O. The fourth-order valence-electron chi connectivity index (χ4n) is 3.36. The average molecular weight is 438 g/mol. The molecule has 0 aliphatic rings. The Morgan fingerprint density at radius 3 is 2.55 bits per heavy atom. The van der Waals surface area contributed by atoms with E-state index in [0.29, 0.717) is 12.4 Å². The Morgan fingerprint density at radius 2 is 1.79 bits per heavy atom. The lowest BCUT2D eigenvalue weighted by Crippen LogP contribution is -2.13. The van der Waals surface area contributed by atoms with Crippen LogP contribution in [0.1, 0.15) is 25.4 Å². The first-order chi connectivity index (χ1) is 16.1. The van der Waals surface area contributed by atoms with E-state index in [1.165, 1.54) is 0 Å². The van der Waals surface area contributed by atoms with Gasteiger partial charge in [0.1, 0.15) is 5.82 Å². The molecular weight excluding hydrogens is 410 g/mol. The number of hydrogen-bond donors (Lipinski definition) is 2. The second-order valence-electron chi connectivity index (χ2n) is 7.88. The second kappa shape index (κ2) is 10.6. The number of hydrogen-bond acceptors (Lipinski definition) is 6. The van der Waals surface area contributed by atoms with Gasteiger partial charge in [-0.25, -0.2) is 9.97 Å². The van der Waals surface area contributed by atoms with E-state index in [1.807, 2.05) is 55.5 Å². The number of aromatic nitrogens is 3. The molecule has 0 spiro atoms. The smallest absolute Gasteiger partial charge is 0.156 e. The largest absolute Gasteiger partial charge is 0.393 e. The number of rotatable bonds is 8. The zero-order chi connectivity index (χ0) is 23.0. The lowest BCUT2D eigenvalue weighted by Gasteiger charge is -2.13. The maximum Gasteiger partial charge on any atom is 0.156 e. The number of benzene rings is 2. The molecule has 0 aliphatic heterocycles. The molecule has 2 aromatic carbocycles. The Kier molecular flexibility index (Phi) is 7.17. The molecule has 0 amide bonds. The van der Waals surface area contributed by atoms with Crippen molar-refractivity contribution in [1.29, 1.82) is 0 Å². The van der Waals surface area contributed by atoms with Gasteiger partial charge in [-0.1, -0.05) is 55.5 Å². The summed E-state index contributed by atoms with van der Waals surface area (Å²) in [7, 11) is 0. The van der Waals surface area contributed by atoms with E-state index in [-0.39, 0.29) is 5.92 Å². The third kappa shape index (κ3) is 5.67. The molecule has 33 heavy (non-hydrogen) atoms. The molecule has 0 bridgehead atoms. The van der Waals surface area contributed by atoms with Crippen LogP contribution in [0.15, 0.2) is 84.1 Å². The molecule has 6 nitrogen and oxygen atoms in total. The van der Waals surface area contributed by atoms with Crippen molar-refractivity contribution in [2.75, 3.05) is 5.32 Å². The summed E-state index contributed by atoms with van der Waals surface area (Å²) in [6, 6.07) is 22.2. The molecule has 4 rings (SSSR count). The zero-order valence-electron chi connectivity index (χ0n) is 18.8. The number of aliphatic hydroxyl groups excluding tert-OH is 1. The van der Waals surface area contributed by atoms with E-state index in [9.17, 15) is 5.11 Å². The summed E-state index contributed by atoms with van der Waals surface area (Å²) in [6.45, 7) is 4.21. The lowest BCUT2D eigenvalue weighted by molar-refractivity contribution is 0.167. The third-order valence-corrected chi connectivity index (χ3v) is 5.38. The van der Waals surface area contributed by atoms with E-state index >= 15 is 0 Å². The molecule has 4 aromatic rings. The van der Waals surface area contributed by atoms with Crippen LogP contribution >= 0.6 is 0 Å². The minimum atomic E-state index is -0.446. The summed E-state index contributed by atoms with van der Waals surface area (Å²) < 4.78 is 0. The van der Waals surface area contributed by atoms with Gasteiger partial charge >= 0.3 is 0 Å². The van der Waals surface area contributed by atoms with Crippen molar-refractivity contribution in [1.82, 2.24) is 15.0 Å². The van der Waals surface area contributed by atoms with E-state index < -0.39 is 6.10 Å². The van der Waals surface area contributed by atoms with Crippen LogP contribution in [-0.2, 0) is 6.54 Å². The predicted molar refractivity (Wildman–Crippen MR) is 135 cm³/mol. The van der Waals surface area contributed by atoms with E-state index in [2.05, 4.69) is 33.5 Å². The standard InChI is InChI=1S/C27H27N5O/c1-19(20(2)33)17-28-16-14-25-31-24-13-8-12-23(21-9-4-3-5-10-21)26(24)27(32-25)30-18-22-11-6-7-15-29-22/h3-17,19-20,33H,18H2,1-2H3,(H,30,31,32)/b16-14+,28-17-. The van der Waals surface area contributed by atoms with Crippen molar-refractivity contribution in [2.24, 2.45) is 10.9 Å². The minimum absolute atomic E-state index is 0.0313. The van der Waals surface area contributed by atoms with Gasteiger partial charge in [0, 0.05) is 30.6 Å². The van der Waals surface area contributed by atoms with Gasteiger partial charge in [0.25, 0.3) is 0 Å². The van der Waals surface area contributed by atoms with Crippen LogP contribution in [-0.4, -0.2) is 32.4 Å². The molecule has 0 saturated carbocycles. The van der Waals surface area contributed by atoms with Crippen LogP contribution in [0.4, 0.5) is 5.82 Å². The Hall–Kier alpha value is -3.90. The van der Waals surface area contributed by atoms with Crippen LogP contribution in [0.2, 0.25) is 0 Å². The Balaban J connectivity index is 1.74. The number of fused-ring (bicyclic) bond motifs is 1. The summed E-state index contributed by atoms with van der Waals surface area (Å²) >= 11 is 0. The Bertz CT molecular complexity index is 1250. The van der Waals surface area contributed by atoms with Crippen LogP contribution < -0.4 is 5.32 Å². The highest BCUT2D eigenvalue weighted by Gasteiger charge is 2.12. The van der Waals surface area contributed by atoms with Gasteiger partial charge in [-0.2, -0.15) is 0 Å². The molecule has 2 N–H and O–H groups in total. The summed E-state index contributed by atoms with van der Waals surface area (Å²) in [5.74, 6) is 1.26. The molecule has 2 heterocycles. The SMILES string of the molecule is CC(O)C(C)/C=N\C=C\c1nc(NCc2ccccn2)c2c(-c3ccccc3)cccc2n1. The number of anilines is 1. The topological polar surface area (TPSA) is 83.3 Å².